The van der Waals surface area contributed by atoms with E-state index in [1.807, 2.05) is 0 Å². The highest BCUT2D eigenvalue weighted by atomic mass is 14.7. The van der Waals surface area contributed by atoms with Crippen LogP contribution >= 0.6 is 0 Å². The molecule has 1 aliphatic carbocycles. The van der Waals surface area contributed by atoms with Crippen LogP contribution in [-0.4, -0.2) is 4.98 Å². The van der Waals surface area contributed by atoms with Gasteiger partial charge in [0.15, 0.2) is 0 Å². The normalized spacial score (nSPS) is 14.4. The molecular formula is C16H13N. The van der Waals surface area contributed by atoms with Crippen LogP contribution in [0.1, 0.15) is 17.7 Å². The molecule has 0 fully saturated rings. The maximum Gasteiger partial charge on any atom is 0.0711 e. The smallest absolute Gasteiger partial charge is 0.0711 e. The van der Waals surface area contributed by atoms with Crippen molar-refractivity contribution in [2.24, 2.45) is 0 Å². The summed E-state index contributed by atoms with van der Waals surface area (Å²) >= 11 is 0. The number of benzene rings is 2. The molecule has 1 nitrogen and oxygen atoms in total. The molecule has 0 saturated carbocycles. The largest absolute Gasteiger partial charge is 0.253 e. The molecule has 82 valence electrons. The number of hydrogen-bond acceptors (Lipinski definition) is 1. The van der Waals surface area contributed by atoms with Crippen LogP contribution in [0.3, 0.4) is 0 Å². The van der Waals surface area contributed by atoms with Gasteiger partial charge < -0.3 is 0 Å². The first-order chi connectivity index (χ1) is 8.40. The predicted octanol–water partition coefficient (Wildman–Crippen LogP) is 3.88. The van der Waals surface area contributed by atoms with Crippen LogP contribution < -0.4 is 0 Å². The minimum atomic E-state index is 1.14. The zero-order valence-corrected chi connectivity index (χ0v) is 9.61. The summed E-state index contributed by atoms with van der Waals surface area (Å²) in [5, 5.41) is 3.87. The van der Waals surface area contributed by atoms with Gasteiger partial charge in [-0.15, -0.1) is 0 Å². The monoisotopic (exact) mass is 219 g/mol. The van der Waals surface area contributed by atoms with Gasteiger partial charge >= 0.3 is 0 Å². The molecule has 0 N–H and O–H groups in total. The zero-order valence-electron chi connectivity index (χ0n) is 9.61. The van der Waals surface area contributed by atoms with E-state index in [9.17, 15) is 0 Å². The summed E-state index contributed by atoms with van der Waals surface area (Å²) in [7, 11) is 0. The summed E-state index contributed by atoms with van der Waals surface area (Å²) in [5.41, 5.74) is 3.91. The number of aromatic nitrogens is 1. The maximum absolute atomic E-state index is 4.81. The van der Waals surface area contributed by atoms with Crippen molar-refractivity contribution >= 4 is 21.7 Å². The average molecular weight is 219 g/mol. The van der Waals surface area contributed by atoms with Gasteiger partial charge in [-0.25, -0.2) is 0 Å². The Hall–Kier alpha value is -1.89. The quantitative estimate of drug-likeness (QED) is 0.523. The molecule has 1 aliphatic rings. The van der Waals surface area contributed by atoms with Crippen LogP contribution in [0, 0.1) is 0 Å². The molecule has 17 heavy (non-hydrogen) atoms. The molecule has 4 rings (SSSR count). The fourth-order valence-electron chi connectivity index (χ4n) is 2.83. The van der Waals surface area contributed by atoms with Crippen LogP contribution in [0.2, 0.25) is 0 Å². The fraction of sp³-hybridized carbons (Fsp3) is 0.188. The van der Waals surface area contributed by atoms with E-state index in [1.54, 1.807) is 0 Å². The van der Waals surface area contributed by atoms with Crippen molar-refractivity contribution in [1.82, 2.24) is 4.98 Å². The lowest BCUT2D eigenvalue weighted by molar-refractivity contribution is 0.901. The summed E-state index contributed by atoms with van der Waals surface area (Å²) in [6, 6.07) is 15.3. The van der Waals surface area contributed by atoms with Gasteiger partial charge in [-0.2, -0.15) is 0 Å². The van der Waals surface area contributed by atoms with Crippen LogP contribution in [0.15, 0.2) is 42.5 Å². The predicted molar refractivity (Wildman–Crippen MR) is 71.3 cm³/mol. The van der Waals surface area contributed by atoms with E-state index in [0.717, 1.165) is 11.9 Å². The molecule has 0 atom stereocenters. The van der Waals surface area contributed by atoms with Crippen LogP contribution in [0.5, 0.6) is 0 Å². The van der Waals surface area contributed by atoms with E-state index in [4.69, 9.17) is 4.98 Å². The second kappa shape index (κ2) is 3.30. The molecule has 0 bridgehead atoms. The summed E-state index contributed by atoms with van der Waals surface area (Å²) in [5.74, 6) is 0. The van der Waals surface area contributed by atoms with Crippen LogP contribution in [0.4, 0.5) is 0 Å². The summed E-state index contributed by atoms with van der Waals surface area (Å²) in [6.45, 7) is 0. The van der Waals surface area contributed by atoms with Crippen molar-refractivity contribution in [2.45, 2.75) is 19.3 Å². The average Bonchev–Trinajstić information content (AvgIpc) is 2.80. The SMILES string of the molecule is c1ccc2cc3nc4c(cc3cc2c1)CCC4. The van der Waals surface area contributed by atoms with Gasteiger partial charge in [0.1, 0.15) is 0 Å². The molecule has 1 heterocycles. The van der Waals surface area contributed by atoms with Crippen molar-refractivity contribution in [1.29, 1.82) is 0 Å². The van der Waals surface area contributed by atoms with Crippen molar-refractivity contribution in [3.8, 4) is 0 Å². The van der Waals surface area contributed by atoms with Gasteiger partial charge in [0.05, 0.1) is 5.52 Å². The second-order valence-corrected chi connectivity index (χ2v) is 4.84. The van der Waals surface area contributed by atoms with Crippen molar-refractivity contribution in [3.05, 3.63) is 53.7 Å². The first kappa shape index (κ1) is 9.17. The lowest BCUT2D eigenvalue weighted by Gasteiger charge is -2.05. The highest BCUT2D eigenvalue weighted by molar-refractivity contribution is 5.96. The maximum atomic E-state index is 4.81. The zero-order chi connectivity index (χ0) is 11.2. The minimum Gasteiger partial charge on any atom is -0.253 e. The molecule has 0 amide bonds. The van der Waals surface area contributed by atoms with Gasteiger partial charge in [0, 0.05) is 11.1 Å². The van der Waals surface area contributed by atoms with E-state index in [2.05, 4.69) is 42.5 Å². The molecule has 1 heteroatoms. The Bertz CT molecular complexity index is 666. The first-order valence-electron chi connectivity index (χ1n) is 6.21. The van der Waals surface area contributed by atoms with Gasteiger partial charge in [-0.1, -0.05) is 24.3 Å². The standard InChI is InChI=1S/C16H13N/c1-2-5-12-10-16-14(8-11(12)4-1)9-13-6-3-7-15(13)17-16/h1-2,4-5,8-10H,3,6-7H2. The molecule has 0 radical (unpaired) electrons. The number of nitrogens with zero attached hydrogens (tertiary/aromatic N) is 1. The Morgan fingerprint density at radius 3 is 2.53 bits per heavy atom. The van der Waals surface area contributed by atoms with Crippen molar-refractivity contribution in [3.63, 3.8) is 0 Å². The third-order valence-corrected chi connectivity index (χ3v) is 3.71. The summed E-state index contributed by atoms with van der Waals surface area (Å²) in [4.78, 5) is 4.81. The molecule has 0 saturated heterocycles. The molecule has 3 aromatic rings. The summed E-state index contributed by atoms with van der Waals surface area (Å²) in [6.07, 6.45) is 3.61. The van der Waals surface area contributed by atoms with Gasteiger partial charge in [0.2, 0.25) is 0 Å². The number of hydrogen-bond donors (Lipinski definition) is 0. The molecule has 0 spiro atoms. The fourth-order valence-corrected chi connectivity index (χ4v) is 2.83. The highest BCUT2D eigenvalue weighted by Crippen LogP contribution is 2.27. The summed E-state index contributed by atoms with van der Waals surface area (Å²) < 4.78 is 0. The number of pyridine rings is 1. The van der Waals surface area contributed by atoms with E-state index < -0.39 is 0 Å². The molecule has 2 aromatic carbocycles. The molecule has 1 aromatic heterocycles. The highest BCUT2D eigenvalue weighted by Gasteiger charge is 2.13. The van der Waals surface area contributed by atoms with Crippen molar-refractivity contribution < 1.29 is 0 Å². The molecule has 0 aliphatic heterocycles. The Balaban J connectivity index is 2.12. The Morgan fingerprint density at radius 1 is 0.824 bits per heavy atom. The molecular weight excluding hydrogens is 206 g/mol. The number of fused-ring (bicyclic) bond motifs is 3. The Labute approximate surface area is 100 Å². The minimum absolute atomic E-state index is 1.14. The Morgan fingerprint density at radius 2 is 1.65 bits per heavy atom. The third kappa shape index (κ3) is 1.35. The van der Waals surface area contributed by atoms with E-state index in [1.165, 1.54) is 40.3 Å². The van der Waals surface area contributed by atoms with E-state index in [0.29, 0.717) is 0 Å². The van der Waals surface area contributed by atoms with E-state index in [-0.39, 0.29) is 0 Å². The second-order valence-electron chi connectivity index (χ2n) is 4.84. The number of rotatable bonds is 0. The Kier molecular flexibility index (Phi) is 1.78. The first-order valence-corrected chi connectivity index (χ1v) is 6.21. The lowest BCUT2D eigenvalue weighted by Crippen LogP contribution is -1.89. The number of aryl methyl sites for hydroxylation is 2. The van der Waals surface area contributed by atoms with Gasteiger partial charge in [-0.3, -0.25) is 4.98 Å². The van der Waals surface area contributed by atoms with Gasteiger partial charge in [-0.05, 0) is 53.8 Å². The van der Waals surface area contributed by atoms with E-state index >= 15 is 0 Å². The van der Waals surface area contributed by atoms with Gasteiger partial charge in [0.25, 0.3) is 0 Å². The van der Waals surface area contributed by atoms with Crippen LogP contribution in [-0.2, 0) is 12.8 Å². The van der Waals surface area contributed by atoms with Crippen molar-refractivity contribution in [2.75, 3.05) is 0 Å². The molecule has 0 unspecified atom stereocenters. The topological polar surface area (TPSA) is 12.9 Å². The lowest BCUT2D eigenvalue weighted by atomic mass is 10.0. The third-order valence-electron chi connectivity index (χ3n) is 3.71. The van der Waals surface area contributed by atoms with Crippen LogP contribution in [0.25, 0.3) is 21.7 Å².